The highest BCUT2D eigenvalue weighted by atomic mass is 16.5. The van der Waals surface area contributed by atoms with E-state index >= 15 is 0 Å². The molecule has 118 valence electrons. The molecule has 23 heavy (non-hydrogen) atoms. The van der Waals surface area contributed by atoms with Gasteiger partial charge in [-0.25, -0.2) is 4.98 Å². The van der Waals surface area contributed by atoms with Crippen LogP contribution in [0.25, 0.3) is 10.9 Å². The van der Waals surface area contributed by atoms with Gasteiger partial charge in [0.2, 0.25) is 5.95 Å². The number of aromatic nitrogens is 2. The SMILES string of the molecule is CCN(c1ccc(OC)cc1)c1nc(NC)nc2ccccc12. The zero-order chi connectivity index (χ0) is 16.2. The maximum atomic E-state index is 5.24. The Bertz CT molecular complexity index is 802. The highest BCUT2D eigenvalue weighted by Gasteiger charge is 2.14. The molecule has 0 amide bonds. The first-order valence-corrected chi connectivity index (χ1v) is 7.63. The summed E-state index contributed by atoms with van der Waals surface area (Å²) in [5, 5.41) is 4.07. The Labute approximate surface area is 135 Å². The number of methoxy groups -OCH3 is 1. The maximum absolute atomic E-state index is 5.24. The zero-order valence-electron chi connectivity index (χ0n) is 13.6. The van der Waals surface area contributed by atoms with Gasteiger partial charge in [-0.2, -0.15) is 4.98 Å². The third-order valence-corrected chi connectivity index (χ3v) is 3.76. The van der Waals surface area contributed by atoms with Gasteiger partial charge >= 0.3 is 0 Å². The zero-order valence-corrected chi connectivity index (χ0v) is 13.6. The van der Waals surface area contributed by atoms with Crippen molar-refractivity contribution in [3.63, 3.8) is 0 Å². The van der Waals surface area contributed by atoms with Crippen molar-refractivity contribution >= 4 is 28.4 Å². The van der Waals surface area contributed by atoms with Gasteiger partial charge in [0, 0.05) is 24.7 Å². The van der Waals surface area contributed by atoms with Crippen LogP contribution >= 0.6 is 0 Å². The monoisotopic (exact) mass is 308 g/mol. The van der Waals surface area contributed by atoms with E-state index in [4.69, 9.17) is 4.74 Å². The van der Waals surface area contributed by atoms with Crippen LogP contribution in [0, 0.1) is 0 Å². The Morgan fingerprint density at radius 3 is 2.43 bits per heavy atom. The molecular weight excluding hydrogens is 288 g/mol. The first kappa shape index (κ1) is 15.1. The molecule has 0 spiro atoms. The van der Waals surface area contributed by atoms with Crippen LogP contribution in [0.3, 0.4) is 0 Å². The number of hydrogen-bond acceptors (Lipinski definition) is 5. The number of fused-ring (bicyclic) bond motifs is 1. The maximum Gasteiger partial charge on any atom is 0.224 e. The second-order valence-corrected chi connectivity index (χ2v) is 5.08. The molecule has 0 unspecified atom stereocenters. The van der Waals surface area contributed by atoms with Crippen LogP contribution in [0.4, 0.5) is 17.5 Å². The molecule has 0 atom stereocenters. The van der Waals surface area contributed by atoms with Crippen LogP contribution in [0.1, 0.15) is 6.92 Å². The standard InChI is InChI=1S/C18H20N4O/c1-4-22(13-9-11-14(23-3)12-10-13)17-15-7-5-6-8-16(15)20-18(19-2)21-17/h5-12H,4H2,1-3H3,(H,19,20,21). The Kier molecular flexibility index (Phi) is 4.28. The van der Waals surface area contributed by atoms with Gasteiger partial charge in [0.1, 0.15) is 11.6 Å². The molecule has 5 nitrogen and oxygen atoms in total. The van der Waals surface area contributed by atoms with E-state index in [0.717, 1.165) is 34.7 Å². The minimum Gasteiger partial charge on any atom is -0.497 e. The lowest BCUT2D eigenvalue weighted by Gasteiger charge is -2.24. The molecule has 0 saturated carbocycles. The number of nitrogens with zero attached hydrogens (tertiary/aromatic N) is 3. The predicted octanol–water partition coefficient (Wildman–Crippen LogP) is 3.84. The van der Waals surface area contributed by atoms with Crippen molar-refractivity contribution in [3.05, 3.63) is 48.5 Å². The molecule has 0 bridgehead atoms. The second-order valence-electron chi connectivity index (χ2n) is 5.08. The van der Waals surface area contributed by atoms with Crippen molar-refractivity contribution in [3.8, 4) is 5.75 Å². The molecule has 3 aromatic rings. The van der Waals surface area contributed by atoms with Crippen LogP contribution < -0.4 is 15.0 Å². The fourth-order valence-electron chi connectivity index (χ4n) is 2.59. The number of nitrogens with one attached hydrogen (secondary N) is 1. The number of ether oxygens (including phenoxy) is 1. The van der Waals surface area contributed by atoms with Crippen LogP contribution in [0.5, 0.6) is 5.75 Å². The molecule has 1 heterocycles. The van der Waals surface area contributed by atoms with Gasteiger partial charge < -0.3 is 15.0 Å². The summed E-state index contributed by atoms with van der Waals surface area (Å²) in [5.74, 6) is 2.35. The third-order valence-electron chi connectivity index (χ3n) is 3.76. The summed E-state index contributed by atoms with van der Waals surface area (Å²) in [7, 11) is 3.50. The topological polar surface area (TPSA) is 50.3 Å². The average Bonchev–Trinajstić information content (AvgIpc) is 2.62. The molecule has 0 aliphatic carbocycles. The molecule has 0 aliphatic heterocycles. The molecule has 3 rings (SSSR count). The van der Waals surface area contributed by atoms with Crippen molar-refractivity contribution < 1.29 is 4.74 Å². The molecule has 0 fully saturated rings. The van der Waals surface area contributed by atoms with Crippen molar-refractivity contribution in [1.82, 2.24) is 9.97 Å². The van der Waals surface area contributed by atoms with E-state index in [9.17, 15) is 0 Å². The first-order valence-electron chi connectivity index (χ1n) is 7.63. The molecule has 1 N–H and O–H groups in total. The second kappa shape index (κ2) is 6.52. The van der Waals surface area contributed by atoms with Gasteiger partial charge in [-0.05, 0) is 43.3 Å². The molecule has 1 aromatic heterocycles. The molecule has 0 radical (unpaired) electrons. The van der Waals surface area contributed by atoms with E-state index < -0.39 is 0 Å². The van der Waals surface area contributed by atoms with Crippen LogP contribution in [0.15, 0.2) is 48.5 Å². The lowest BCUT2D eigenvalue weighted by atomic mass is 10.2. The summed E-state index contributed by atoms with van der Waals surface area (Å²) >= 11 is 0. The van der Waals surface area contributed by atoms with Gasteiger partial charge in [-0.3, -0.25) is 0 Å². The summed E-state index contributed by atoms with van der Waals surface area (Å²) < 4.78 is 5.24. The van der Waals surface area contributed by atoms with Crippen molar-refractivity contribution in [1.29, 1.82) is 0 Å². The summed E-state index contributed by atoms with van der Waals surface area (Å²) in [6.45, 7) is 2.91. The van der Waals surface area contributed by atoms with Crippen molar-refractivity contribution in [2.45, 2.75) is 6.92 Å². The van der Waals surface area contributed by atoms with Crippen molar-refractivity contribution in [2.75, 3.05) is 30.9 Å². The van der Waals surface area contributed by atoms with Crippen LogP contribution in [-0.4, -0.2) is 30.7 Å². The first-order chi connectivity index (χ1) is 11.3. The number of rotatable bonds is 5. The van der Waals surface area contributed by atoms with E-state index in [1.54, 1.807) is 7.11 Å². The van der Waals surface area contributed by atoms with Gasteiger partial charge in [0.05, 0.1) is 12.6 Å². The summed E-state index contributed by atoms with van der Waals surface area (Å²) in [4.78, 5) is 11.4. The van der Waals surface area contributed by atoms with E-state index in [1.807, 2.05) is 49.5 Å². The quantitative estimate of drug-likeness (QED) is 0.776. The predicted molar refractivity (Wildman–Crippen MR) is 94.8 cm³/mol. The summed E-state index contributed by atoms with van der Waals surface area (Å²) in [5.41, 5.74) is 1.99. The summed E-state index contributed by atoms with van der Waals surface area (Å²) in [6, 6.07) is 16.1. The Morgan fingerprint density at radius 2 is 1.78 bits per heavy atom. The Hall–Kier alpha value is -2.82. The lowest BCUT2D eigenvalue weighted by Crippen LogP contribution is -2.18. The molecule has 0 aliphatic rings. The van der Waals surface area contributed by atoms with E-state index in [-0.39, 0.29) is 0 Å². The minimum absolute atomic E-state index is 0.616. The van der Waals surface area contributed by atoms with Gasteiger partial charge in [-0.1, -0.05) is 12.1 Å². The number of hydrogen-bond donors (Lipinski definition) is 1. The summed E-state index contributed by atoms with van der Waals surface area (Å²) in [6.07, 6.45) is 0. The number of para-hydroxylation sites is 1. The molecular formula is C18H20N4O. The van der Waals surface area contributed by atoms with Crippen molar-refractivity contribution in [2.24, 2.45) is 0 Å². The minimum atomic E-state index is 0.616. The third kappa shape index (κ3) is 2.90. The van der Waals surface area contributed by atoms with Crippen LogP contribution in [-0.2, 0) is 0 Å². The fraction of sp³-hybridized carbons (Fsp3) is 0.222. The normalized spacial score (nSPS) is 10.6. The average molecular weight is 308 g/mol. The van der Waals surface area contributed by atoms with Gasteiger partial charge in [-0.15, -0.1) is 0 Å². The highest BCUT2D eigenvalue weighted by molar-refractivity contribution is 5.92. The highest BCUT2D eigenvalue weighted by Crippen LogP contribution is 2.31. The number of anilines is 3. The van der Waals surface area contributed by atoms with E-state index in [2.05, 4.69) is 33.2 Å². The number of benzene rings is 2. The smallest absolute Gasteiger partial charge is 0.224 e. The van der Waals surface area contributed by atoms with Crippen LogP contribution in [0.2, 0.25) is 0 Å². The Morgan fingerprint density at radius 1 is 1.04 bits per heavy atom. The Balaban J connectivity index is 2.14. The van der Waals surface area contributed by atoms with E-state index in [1.165, 1.54) is 0 Å². The molecule has 0 saturated heterocycles. The fourth-order valence-corrected chi connectivity index (χ4v) is 2.59. The molecule has 2 aromatic carbocycles. The lowest BCUT2D eigenvalue weighted by molar-refractivity contribution is 0.415. The van der Waals surface area contributed by atoms with Gasteiger partial charge in [0.25, 0.3) is 0 Å². The van der Waals surface area contributed by atoms with E-state index in [0.29, 0.717) is 5.95 Å². The van der Waals surface area contributed by atoms with Gasteiger partial charge in [0.15, 0.2) is 0 Å². The molecule has 5 heteroatoms. The largest absolute Gasteiger partial charge is 0.497 e.